The van der Waals surface area contributed by atoms with E-state index in [0.29, 0.717) is 63.7 Å². The number of hydrogen-bond acceptors (Lipinski definition) is 7. The van der Waals surface area contributed by atoms with Crippen LogP contribution < -0.4 is 16.4 Å². The molecule has 0 spiro atoms. The zero-order valence-electron chi connectivity index (χ0n) is 28.1. The van der Waals surface area contributed by atoms with Crippen molar-refractivity contribution < 1.29 is 27.6 Å². The van der Waals surface area contributed by atoms with Gasteiger partial charge in [-0.15, -0.1) is 11.3 Å². The topological polar surface area (TPSA) is 117 Å². The van der Waals surface area contributed by atoms with Gasteiger partial charge in [-0.25, -0.2) is 9.59 Å². The monoisotopic (exact) mass is 780 g/mol. The lowest BCUT2D eigenvalue weighted by molar-refractivity contribution is -0.137. The van der Waals surface area contributed by atoms with Gasteiger partial charge in [0.25, 0.3) is 0 Å². The number of urea groups is 2. The minimum Gasteiger partial charge on any atom is -0.397 e. The molecule has 50 heavy (non-hydrogen) atoms. The summed E-state index contributed by atoms with van der Waals surface area (Å²) in [6, 6.07) is 2.42. The van der Waals surface area contributed by atoms with E-state index in [0.717, 1.165) is 43.2 Å². The summed E-state index contributed by atoms with van der Waals surface area (Å²) >= 11 is 4.70. The molecule has 2 unspecified atom stereocenters. The number of piperazine rings is 1. The molecule has 4 N–H and O–H groups in total. The number of alkyl halides is 3. The Kier molecular flexibility index (Phi) is 10.00. The average Bonchev–Trinajstić information content (AvgIpc) is 3.61. The van der Waals surface area contributed by atoms with Crippen molar-refractivity contribution in [2.24, 2.45) is 0 Å². The van der Waals surface area contributed by atoms with Crippen molar-refractivity contribution in [1.82, 2.24) is 29.8 Å². The van der Waals surface area contributed by atoms with Crippen LogP contribution in [0.15, 0.2) is 27.4 Å². The van der Waals surface area contributed by atoms with Crippen LogP contribution in [0.5, 0.6) is 0 Å². The summed E-state index contributed by atoms with van der Waals surface area (Å²) in [4.78, 5) is 50.8. The summed E-state index contributed by atoms with van der Waals surface area (Å²) in [6.07, 6.45) is 1.04. The van der Waals surface area contributed by atoms with Gasteiger partial charge in [0.2, 0.25) is 5.91 Å². The van der Waals surface area contributed by atoms with Crippen molar-refractivity contribution in [2.75, 3.05) is 57.4 Å². The Morgan fingerprint density at radius 1 is 0.980 bits per heavy atom. The van der Waals surface area contributed by atoms with Crippen molar-refractivity contribution in [1.29, 1.82) is 0 Å². The Balaban J connectivity index is 1.02. The van der Waals surface area contributed by atoms with Crippen LogP contribution in [0.2, 0.25) is 0 Å². The molecule has 6 heterocycles. The van der Waals surface area contributed by atoms with Gasteiger partial charge in [0, 0.05) is 85.3 Å². The molecule has 2 bridgehead atoms. The molecule has 5 aliphatic heterocycles. The fourth-order valence-corrected chi connectivity index (χ4v) is 9.87. The van der Waals surface area contributed by atoms with Crippen LogP contribution in [0.4, 0.5) is 34.1 Å². The first kappa shape index (κ1) is 35.3. The maximum absolute atomic E-state index is 14.1. The number of piperidine rings is 2. The molecular formula is C34H44BrF3N8O3S. The molecule has 16 heteroatoms. The maximum Gasteiger partial charge on any atom is 0.418 e. The summed E-state index contributed by atoms with van der Waals surface area (Å²) in [6.45, 7) is 3.68. The second-order valence-corrected chi connectivity index (χ2v) is 16.0. The minimum atomic E-state index is -4.68. The SMILES string of the molecule is CN1C2CCC1CC(N1CCN(C(=O)[C@@H](Cc3cc(Br)c(N)c(C(F)(F)F)c3)NC(=O)N3CCC(N4Cc5cscc5NC4=O)CC3)CC1)C2. The van der Waals surface area contributed by atoms with Crippen LogP contribution in [0.3, 0.4) is 0 Å². The smallest absolute Gasteiger partial charge is 0.397 e. The zero-order valence-corrected chi connectivity index (χ0v) is 30.5. The molecule has 0 aliphatic carbocycles. The highest BCUT2D eigenvalue weighted by atomic mass is 79.9. The van der Waals surface area contributed by atoms with E-state index >= 15 is 0 Å². The molecule has 4 fully saturated rings. The Bertz CT molecular complexity index is 1600. The predicted octanol–water partition coefficient (Wildman–Crippen LogP) is 5.01. The highest BCUT2D eigenvalue weighted by Crippen LogP contribution is 2.39. The number of carbonyl (C=O) groups excluding carboxylic acids is 3. The Labute approximate surface area is 302 Å². The Morgan fingerprint density at radius 3 is 2.32 bits per heavy atom. The third-order valence-electron chi connectivity index (χ3n) is 11.5. The molecule has 3 atom stereocenters. The van der Waals surface area contributed by atoms with Gasteiger partial charge < -0.3 is 36.0 Å². The van der Waals surface area contributed by atoms with Crippen molar-refractivity contribution >= 4 is 56.6 Å². The van der Waals surface area contributed by atoms with Gasteiger partial charge in [0.15, 0.2) is 0 Å². The van der Waals surface area contributed by atoms with Crippen LogP contribution in [0.1, 0.15) is 55.2 Å². The second-order valence-electron chi connectivity index (χ2n) is 14.4. The molecule has 2 aromatic rings. The van der Waals surface area contributed by atoms with Crippen molar-refractivity contribution in [3.05, 3.63) is 44.1 Å². The highest BCUT2D eigenvalue weighted by Gasteiger charge is 2.42. The Hall–Kier alpha value is -3.08. The lowest BCUT2D eigenvalue weighted by Gasteiger charge is -2.45. The van der Waals surface area contributed by atoms with Crippen LogP contribution in [0, 0.1) is 0 Å². The minimum absolute atomic E-state index is 0.0477. The quantitative estimate of drug-likeness (QED) is 0.355. The van der Waals surface area contributed by atoms with E-state index in [1.807, 2.05) is 15.7 Å². The van der Waals surface area contributed by atoms with E-state index in [9.17, 15) is 27.6 Å². The standard InChI is InChI=1S/C34H44BrF3N8O3S/c1-42-23-2-3-24(42)16-25(15-23)43-8-10-44(11-9-43)31(47)28(14-20-12-26(34(36,37)38)30(39)27(35)13-20)40-32(48)45-6-4-22(5-7-45)46-17-21-18-50-19-29(21)41-33(46)49/h12-13,18-19,22-25,28H,2-11,14-17,39H2,1H3,(H,40,48)(H,41,49)/t23?,24?,25?,28-/m1/s1. The van der Waals surface area contributed by atoms with Gasteiger partial charge in [-0.05, 0) is 84.6 Å². The van der Waals surface area contributed by atoms with Gasteiger partial charge in [0.1, 0.15) is 6.04 Å². The second kappa shape index (κ2) is 14.2. The molecule has 5 amide bonds. The van der Waals surface area contributed by atoms with Gasteiger partial charge in [-0.1, -0.05) is 0 Å². The molecule has 5 aliphatic rings. The molecule has 272 valence electrons. The summed E-state index contributed by atoms with van der Waals surface area (Å²) in [5.41, 5.74) is 6.50. The van der Waals surface area contributed by atoms with Crippen molar-refractivity contribution in [3.63, 3.8) is 0 Å². The average molecular weight is 782 g/mol. The zero-order chi connectivity index (χ0) is 35.3. The van der Waals surface area contributed by atoms with Crippen LogP contribution in [-0.2, 0) is 23.9 Å². The van der Waals surface area contributed by atoms with Gasteiger partial charge in [-0.2, -0.15) is 13.2 Å². The van der Waals surface area contributed by atoms with Gasteiger partial charge >= 0.3 is 18.2 Å². The fraction of sp³-hybridized carbons (Fsp3) is 0.618. The first-order chi connectivity index (χ1) is 23.9. The molecule has 1 aromatic carbocycles. The van der Waals surface area contributed by atoms with Gasteiger partial charge in [-0.3, -0.25) is 9.69 Å². The molecular weight excluding hydrogens is 737 g/mol. The van der Waals surface area contributed by atoms with E-state index in [2.05, 4.69) is 43.4 Å². The number of halogens is 4. The summed E-state index contributed by atoms with van der Waals surface area (Å²) in [7, 11) is 2.22. The highest BCUT2D eigenvalue weighted by molar-refractivity contribution is 9.10. The maximum atomic E-state index is 14.1. The van der Waals surface area contributed by atoms with Crippen LogP contribution >= 0.6 is 27.3 Å². The summed E-state index contributed by atoms with van der Waals surface area (Å²) in [5.74, 6) is -0.311. The number of nitrogens with zero attached hydrogens (tertiary/aromatic N) is 5. The largest absolute Gasteiger partial charge is 0.418 e. The lowest BCUT2D eigenvalue weighted by atomic mass is 9.95. The predicted molar refractivity (Wildman–Crippen MR) is 189 cm³/mol. The number of nitrogens with one attached hydrogen (secondary N) is 2. The van der Waals surface area contributed by atoms with Gasteiger partial charge in [0.05, 0.1) is 23.5 Å². The molecule has 4 saturated heterocycles. The number of likely N-dealkylation sites (tertiary alicyclic amines) is 1. The molecule has 1 aromatic heterocycles. The van der Waals surface area contributed by atoms with E-state index in [4.69, 9.17) is 5.73 Å². The summed E-state index contributed by atoms with van der Waals surface area (Å²) < 4.78 is 41.7. The number of benzene rings is 1. The third-order valence-corrected chi connectivity index (χ3v) is 13.0. The number of thiophene rings is 1. The van der Waals surface area contributed by atoms with E-state index in [1.54, 1.807) is 9.80 Å². The number of hydrogen-bond donors (Lipinski definition) is 3. The van der Waals surface area contributed by atoms with E-state index in [-0.39, 0.29) is 34.4 Å². The lowest BCUT2D eigenvalue weighted by Crippen LogP contribution is -2.60. The van der Waals surface area contributed by atoms with E-state index < -0.39 is 29.5 Å². The molecule has 0 radical (unpaired) electrons. The number of rotatable bonds is 6. The van der Waals surface area contributed by atoms with Crippen molar-refractivity contribution in [3.8, 4) is 0 Å². The molecule has 0 saturated carbocycles. The number of nitrogens with two attached hydrogens (primary N) is 1. The number of anilines is 2. The number of carbonyl (C=O) groups is 3. The normalized spacial score (nSPS) is 25.7. The first-order valence-corrected chi connectivity index (χ1v) is 19.2. The number of nitrogen functional groups attached to an aromatic ring is 1. The third kappa shape index (κ3) is 7.17. The van der Waals surface area contributed by atoms with Crippen LogP contribution in [0.25, 0.3) is 0 Å². The number of amides is 5. The Morgan fingerprint density at radius 2 is 1.66 bits per heavy atom. The first-order valence-electron chi connectivity index (χ1n) is 17.4. The van der Waals surface area contributed by atoms with Crippen LogP contribution in [-0.4, -0.2) is 119 Å². The van der Waals surface area contributed by atoms with E-state index in [1.165, 1.54) is 30.2 Å². The summed E-state index contributed by atoms with van der Waals surface area (Å²) in [5, 5.41) is 9.78. The molecule has 7 rings (SSSR count). The molecule has 11 nitrogen and oxygen atoms in total. The number of fused-ring (bicyclic) bond motifs is 3. The van der Waals surface area contributed by atoms with Crippen molar-refractivity contribution in [2.45, 2.75) is 87.9 Å². The fourth-order valence-electron chi connectivity index (χ4n) is 8.58.